The Hall–Kier alpha value is -3.30. The Balaban J connectivity index is 1.59. The van der Waals surface area contributed by atoms with Crippen LogP contribution in [0.1, 0.15) is 45.0 Å². The lowest BCUT2D eigenvalue weighted by atomic mass is 10.0. The van der Waals surface area contributed by atoms with Gasteiger partial charge in [0.25, 0.3) is 5.91 Å². The molecule has 38 heavy (non-hydrogen) atoms. The number of amides is 1. The molecule has 2 aromatic heterocycles. The maximum Gasteiger partial charge on any atom is 0.254 e. The number of anilines is 2. The number of carbonyl (C=O) groups excluding carboxylic acids is 1. The van der Waals surface area contributed by atoms with Gasteiger partial charge in [-0.25, -0.2) is 4.98 Å². The van der Waals surface area contributed by atoms with Crippen molar-refractivity contribution in [3.63, 3.8) is 0 Å². The Kier molecular flexibility index (Phi) is 7.24. The van der Waals surface area contributed by atoms with Gasteiger partial charge in [0.2, 0.25) is 5.95 Å². The molecule has 1 amide bonds. The molecule has 2 aliphatic heterocycles. The van der Waals surface area contributed by atoms with Crippen LogP contribution in [0.25, 0.3) is 22.3 Å². The first-order valence-corrected chi connectivity index (χ1v) is 13.4. The van der Waals surface area contributed by atoms with Gasteiger partial charge in [-0.3, -0.25) is 4.79 Å². The van der Waals surface area contributed by atoms with Crippen molar-refractivity contribution in [3.05, 3.63) is 42.0 Å². The largest absolute Gasteiger partial charge is 0.377 e. The van der Waals surface area contributed by atoms with E-state index in [4.69, 9.17) is 24.4 Å². The summed E-state index contributed by atoms with van der Waals surface area (Å²) in [6, 6.07) is 12.1. The Morgan fingerprint density at radius 1 is 0.947 bits per heavy atom. The van der Waals surface area contributed by atoms with Crippen LogP contribution >= 0.6 is 0 Å². The monoisotopic (exact) mass is 518 g/mol. The SMILES string of the molecule is C[C@H]1COCCN1c1nc(N2CCOC[C@@H]2C)c2ccc(-c3cccc(C(=O)N(C)C(C)(C)C)c3)nc2n1. The number of aromatic nitrogens is 3. The Morgan fingerprint density at radius 2 is 1.63 bits per heavy atom. The van der Waals surface area contributed by atoms with E-state index in [0.29, 0.717) is 43.6 Å². The van der Waals surface area contributed by atoms with E-state index in [1.165, 1.54) is 0 Å². The highest BCUT2D eigenvalue weighted by atomic mass is 16.5. The van der Waals surface area contributed by atoms with Crippen molar-refractivity contribution in [2.45, 2.75) is 52.2 Å². The molecule has 202 valence electrons. The molecule has 2 fully saturated rings. The lowest BCUT2D eigenvalue weighted by Gasteiger charge is -2.37. The fraction of sp³-hybridized carbons (Fsp3) is 0.517. The minimum Gasteiger partial charge on any atom is -0.377 e. The van der Waals surface area contributed by atoms with E-state index < -0.39 is 0 Å². The number of nitrogens with zero attached hydrogens (tertiary/aromatic N) is 6. The molecule has 4 heterocycles. The predicted octanol–water partition coefficient (Wildman–Crippen LogP) is 4.01. The van der Waals surface area contributed by atoms with Gasteiger partial charge in [-0.15, -0.1) is 0 Å². The molecule has 0 radical (unpaired) electrons. The summed E-state index contributed by atoms with van der Waals surface area (Å²) in [6.07, 6.45) is 0. The van der Waals surface area contributed by atoms with Crippen molar-refractivity contribution < 1.29 is 14.3 Å². The summed E-state index contributed by atoms with van der Waals surface area (Å²) in [4.78, 5) is 34.4. The van der Waals surface area contributed by atoms with Crippen LogP contribution in [0, 0.1) is 0 Å². The Bertz CT molecular complexity index is 1320. The molecule has 2 atom stereocenters. The average Bonchev–Trinajstić information content (AvgIpc) is 2.91. The van der Waals surface area contributed by atoms with E-state index in [1.54, 1.807) is 4.90 Å². The molecule has 0 saturated carbocycles. The van der Waals surface area contributed by atoms with E-state index in [1.807, 2.05) is 58.2 Å². The van der Waals surface area contributed by atoms with Gasteiger partial charge in [0, 0.05) is 36.8 Å². The third-order valence-electron chi connectivity index (χ3n) is 7.51. The van der Waals surface area contributed by atoms with Gasteiger partial charge < -0.3 is 24.2 Å². The normalized spacial score (nSPS) is 20.6. The number of carbonyl (C=O) groups is 1. The van der Waals surface area contributed by atoms with Gasteiger partial charge in [0.05, 0.1) is 49.6 Å². The number of ether oxygens (including phenoxy) is 2. The summed E-state index contributed by atoms with van der Waals surface area (Å²) in [5.41, 5.74) is 2.65. The molecule has 0 unspecified atom stereocenters. The molecular weight excluding hydrogens is 480 g/mol. The maximum absolute atomic E-state index is 13.1. The quantitative estimate of drug-likeness (QED) is 0.512. The standard InChI is InChI=1S/C29H38N6O3/c1-19-17-37-14-12-34(19)26-23-10-11-24(21-8-7-9-22(16-21)27(36)33(6)29(3,4)5)30-25(23)31-28(32-26)35-13-15-38-18-20(35)2/h7-11,16,19-20H,12-15,17-18H2,1-6H3/t19-,20-/m0/s1. The van der Waals surface area contributed by atoms with Crippen molar-refractivity contribution in [3.8, 4) is 11.3 Å². The van der Waals surface area contributed by atoms with Crippen LogP contribution < -0.4 is 9.80 Å². The highest BCUT2D eigenvalue weighted by molar-refractivity contribution is 5.96. The number of pyridine rings is 1. The molecule has 3 aromatic rings. The van der Waals surface area contributed by atoms with Crippen molar-refractivity contribution in [1.29, 1.82) is 0 Å². The smallest absolute Gasteiger partial charge is 0.254 e. The van der Waals surface area contributed by atoms with Crippen molar-refractivity contribution in [2.24, 2.45) is 0 Å². The Labute approximate surface area is 224 Å². The van der Waals surface area contributed by atoms with E-state index in [-0.39, 0.29) is 23.5 Å². The highest BCUT2D eigenvalue weighted by Crippen LogP contribution is 2.31. The molecule has 0 spiro atoms. The molecule has 0 aliphatic carbocycles. The summed E-state index contributed by atoms with van der Waals surface area (Å²) in [6.45, 7) is 14.5. The Morgan fingerprint density at radius 3 is 2.29 bits per heavy atom. The fourth-order valence-corrected chi connectivity index (χ4v) is 4.87. The molecule has 9 nitrogen and oxygen atoms in total. The number of morpholine rings is 2. The summed E-state index contributed by atoms with van der Waals surface area (Å²) >= 11 is 0. The van der Waals surface area contributed by atoms with Crippen LogP contribution in [0.3, 0.4) is 0 Å². The summed E-state index contributed by atoms with van der Waals surface area (Å²) in [5, 5.41) is 0.909. The zero-order chi connectivity index (χ0) is 27.0. The number of benzene rings is 1. The molecule has 2 saturated heterocycles. The lowest BCUT2D eigenvalue weighted by Crippen LogP contribution is -2.46. The zero-order valence-electron chi connectivity index (χ0n) is 23.3. The first-order chi connectivity index (χ1) is 18.1. The number of rotatable bonds is 4. The predicted molar refractivity (Wildman–Crippen MR) is 150 cm³/mol. The van der Waals surface area contributed by atoms with Crippen LogP contribution in [0.15, 0.2) is 36.4 Å². The van der Waals surface area contributed by atoms with E-state index >= 15 is 0 Å². The van der Waals surface area contributed by atoms with E-state index in [2.05, 4.69) is 29.7 Å². The summed E-state index contributed by atoms with van der Waals surface area (Å²) < 4.78 is 11.4. The summed E-state index contributed by atoms with van der Waals surface area (Å²) in [5.74, 6) is 1.53. The number of hydrogen-bond donors (Lipinski definition) is 0. The van der Waals surface area contributed by atoms with Gasteiger partial charge in [0.1, 0.15) is 5.82 Å². The maximum atomic E-state index is 13.1. The zero-order valence-corrected chi connectivity index (χ0v) is 23.3. The van der Waals surface area contributed by atoms with Gasteiger partial charge in [-0.05, 0) is 58.9 Å². The van der Waals surface area contributed by atoms with Crippen LogP contribution in [0.2, 0.25) is 0 Å². The number of hydrogen-bond acceptors (Lipinski definition) is 8. The third-order valence-corrected chi connectivity index (χ3v) is 7.51. The van der Waals surface area contributed by atoms with Gasteiger partial charge in [-0.2, -0.15) is 9.97 Å². The van der Waals surface area contributed by atoms with Gasteiger partial charge in [-0.1, -0.05) is 12.1 Å². The van der Waals surface area contributed by atoms with Crippen molar-refractivity contribution in [2.75, 3.05) is 56.4 Å². The van der Waals surface area contributed by atoms with Crippen molar-refractivity contribution >= 4 is 28.7 Å². The first-order valence-electron chi connectivity index (χ1n) is 13.4. The second kappa shape index (κ2) is 10.5. The van der Waals surface area contributed by atoms with Crippen LogP contribution in [-0.2, 0) is 9.47 Å². The van der Waals surface area contributed by atoms with Crippen molar-refractivity contribution in [1.82, 2.24) is 19.9 Å². The molecule has 0 bridgehead atoms. The minimum atomic E-state index is -0.273. The topological polar surface area (TPSA) is 83.9 Å². The molecular formula is C29H38N6O3. The lowest BCUT2D eigenvalue weighted by molar-refractivity contribution is 0.0656. The van der Waals surface area contributed by atoms with Crippen LogP contribution in [0.5, 0.6) is 0 Å². The van der Waals surface area contributed by atoms with Gasteiger partial charge >= 0.3 is 0 Å². The second-order valence-electron chi connectivity index (χ2n) is 11.3. The molecule has 5 rings (SSSR count). The minimum absolute atomic E-state index is 0.0188. The summed E-state index contributed by atoms with van der Waals surface area (Å²) in [7, 11) is 1.84. The third kappa shape index (κ3) is 5.17. The fourth-order valence-electron chi connectivity index (χ4n) is 4.87. The number of fused-ring (bicyclic) bond motifs is 1. The van der Waals surface area contributed by atoms with Crippen LogP contribution in [-0.4, -0.2) is 89.9 Å². The first kappa shape index (κ1) is 26.3. The molecule has 0 N–H and O–H groups in total. The van der Waals surface area contributed by atoms with Crippen LogP contribution in [0.4, 0.5) is 11.8 Å². The molecule has 9 heteroatoms. The average molecular weight is 519 g/mol. The van der Waals surface area contributed by atoms with E-state index in [9.17, 15) is 4.79 Å². The molecule has 1 aromatic carbocycles. The second-order valence-corrected chi connectivity index (χ2v) is 11.3. The van der Waals surface area contributed by atoms with E-state index in [0.717, 1.165) is 35.6 Å². The highest BCUT2D eigenvalue weighted by Gasteiger charge is 2.28. The molecule has 2 aliphatic rings. The van der Waals surface area contributed by atoms with Gasteiger partial charge in [0.15, 0.2) is 5.65 Å².